The van der Waals surface area contributed by atoms with E-state index in [2.05, 4.69) is 0 Å². The largest absolute Gasteiger partial charge is 0.493 e. The van der Waals surface area contributed by atoms with Crippen molar-refractivity contribution in [3.05, 3.63) is 47.5 Å². The standard InChI is InChI=1S/C32H44O16/c1-42-20-8-14(3-5-18(20)45-31-28(40)26(38)24(36)22(11-34)47-31)7-16-13-44-30(17(16)10-33)15-4-6-19(21(9-15)43-2)46-32-29(41)27(39)25(37)23(12-35)48-32/h3-6,8-9,16-17,22-41H,7,10-13H2,1-2H3/t16-,17-,22-,23-,24-,25-,26+,27+,28-,29-,30-,31-,32-/m1/s1. The van der Waals surface area contributed by atoms with Crippen molar-refractivity contribution >= 4 is 0 Å². The van der Waals surface area contributed by atoms with Crippen molar-refractivity contribution < 1.29 is 79.1 Å². The molecular weight excluding hydrogens is 640 g/mol. The summed E-state index contributed by atoms with van der Waals surface area (Å²) < 4.78 is 39.6. The first-order valence-corrected chi connectivity index (χ1v) is 15.6. The van der Waals surface area contributed by atoms with E-state index in [1.54, 1.807) is 36.4 Å². The molecule has 2 aromatic rings. The van der Waals surface area contributed by atoms with E-state index in [-0.39, 0.29) is 35.7 Å². The van der Waals surface area contributed by atoms with Crippen LogP contribution in [0.3, 0.4) is 0 Å². The minimum absolute atomic E-state index is 0.113. The molecule has 268 valence electrons. The number of rotatable bonds is 12. The Hall–Kier alpha value is -2.84. The van der Waals surface area contributed by atoms with Crippen molar-refractivity contribution in [3.8, 4) is 23.0 Å². The number of hydrogen-bond acceptors (Lipinski definition) is 16. The SMILES string of the molecule is COc1cc(C[C@@H]2CO[C@H](c3ccc(O[C@@H]4O[C@H](CO)[C@@H](O)[C@H](O)[C@H]4O)c(OC)c3)[C@@H]2CO)ccc1O[C@@H]1O[C@H](CO)[C@@H](O)[C@H](O)[C@H]1O. The monoisotopic (exact) mass is 684 g/mol. The van der Waals surface area contributed by atoms with Crippen molar-refractivity contribution in [2.24, 2.45) is 11.8 Å². The molecule has 2 aromatic carbocycles. The lowest BCUT2D eigenvalue weighted by atomic mass is 9.84. The number of ether oxygens (including phenoxy) is 7. The molecule has 3 fully saturated rings. The van der Waals surface area contributed by atoms with Crippen LogP contribution in [0.25, 0.3) is 0 Å². The summed E-state index contributed by atoms with van der Waals surface area (Å²) in [5.41, 5.74) is 1.52. The third-order valence-corrected chi connectivity index (χ3v) is 9.12. The van der Waals surface area contributed by atoms with Gasteiger partial charge >= 0.3 is 0 Å². The van der Waals surface area contributed by atoms with Crippen LogP contribution in [-0.2, 0) is 20.6 Å². The predicted molar refractivity (Wildman–Crippen MR) is 161 cm³/mol. The average Bonchev–Trinajstić information content (AvgIpc) is 3.51. The van der Waals surface area contributed by atoms with Gasteiger partial charge in [-0.2, -0.15) is 0 Å². The highest BCUT2D eigenvalue weighted by atomic mass is 16.7. The Kier molecular flexibility index (Phi) is 12.0. The molecule has 3 aliphatic heterocycles. The summed E-state index contributed by atoms with van der Waals surface area (Å²) in [6, 6.07) is 10.1. The quantitative estimate of drug-likeness (QED) is 0.113. The minimum Gasteiger partial charge on any atom is -0.493 e. The first-order valence-electron chi connectivity index (χ1n) is 15.6. The average molecular weight is 685 g/mol. The predicted octanol–water partition coefficient (Wildman–Crippen LogP) is -2.40. The normalized spacial score (nSPS) is 36.9. The molecule has 13 atom stereocenters. The number of hydrogen-bond donors (Lipinski definition) is 9. The summed E-state index contributed by atoms with van der Waals surface area (Å²) >= 11 is 0. The fraction of sp³-hybridized carbons (Fsp3) is 0.625. The van der Waals surface area contributed by atoms with Crippen LogP contribution >= 0.6 is 0 Å². The number of methoxy groups -OCH3 is 2. The zero-order chi connectivity index (χ0) is 34.7. The second kappa shape index (κ2) is 15.8. The zero-order valence-corrected chi connectivity index (χ0v) is 26.4. The van der Waals surface area contributed by atoms with E-state index in [9.17, 15) is 46.0 Å². The number of benzene rings is 2. The van der Waals surface area contributed by atoms with Gasteiger partial charge in [0.1, 0.15) is 48.8 Å². The topological polar surface area (TPSA) is 247 Å². The molecule has 9 N–H and O–H groups in total. The van der Waals surface area contributed by atoms with Gasteiger partial charge in [0.15, 0.2) is 23.0 Å². The summed E-state index contributed by atoms with van der Waals surface area (Å²) in [4.78, 5) is 0. The molecule has 0 spiro atoms. The molecule has 5 rings (SSSR count). The van der Waals surface area contributed by atoms with Crippen LogP contribution in [0.15, 0.2) is 36.4 Å². The van der Waals surface area contributed by atoms with Crippen LogP contribution in [0.1, 0.15) is 17.2 Å². The van der Waals surface area contributed by atoms with Crippen LogP contribution in [0.5, 0.6) is 23.0 Å². The Morgan fingerprint density at radius 1 is 0.625 bits per heavy atom. The molecular formula is C32H44O16. The van der Waals surface area contributed by atoms with E-state index < -0.39 is 80.7 Å². The van der Waals surface area contributed by atoms with Gasteiger partial charge in [-0.1, -0.05) is 12.1 Å². The molecule has 0 unspecified atom stereocenters. The van der Waals surface area contributed by atoms with Gasteiger partial charge in [-0.3, -0.25) is 0 Å². The number of aliphatic hydroxyl groups excluding tert-OH is 9. The summed E-state index contributed by atoms with van der Waals surface area (Å²) in [7, 11) is 2.85. The summed E-state index contributed by atoms with van der Waals surface area (Å²) in [5.74, 6) is 0.496. The van der Waals surface area contributed by atoms with Crippen molar-refractivity contribution in [2.45, 2.75) is 73.9 Å². The summed E-state index contributed by atoms with van der Waals surface area (Å²) in [6.07, 6.45) is -14.5. The lowest BCUT2D eigenvalue weighted by Gasteiger charge is -2.39. The molecule has 0 amide bonds. The Labute approximate surface area is 276 Å². The van der Waals surface area contributed by atoms with Gasteiger partial charge in [-0.25, -0.2) is 0 Å². The number of aliphatic hydroxyl groups is 9. The first-order chi connectivity index (χ1) is 23.0. The van der Waals surface area contributed by atoms with Crippen LogP contribution in [0, 0.1) is 11.8 Å². The van der Waals surface area contributed by atoms with Gasteiger partial charge in [-0.05, 0) is 47.7 Å². The summed E-state index contributed by atoms with van der Waals surface area (Å²) in [5, 5.41) is 90.4. The third kappa shape index (κ3) is 7.35. The van der Waals surface area contributed by atoms with E-state index in [1.807, 2.05) is 0 Å². The molecule has 0 aromatic heterocycles. The second-order valence-electron chi connectivity index (χ2n) is 12.1. The molecule has 0 bridgehead atoms. The van der Waals surface area contributed by atoms with Crippen LogP contribution < -0.4 is 18.9 Å². The van der Waals surface area contributed by atoms with Gasteiger partial charge < -0.3 is 79.1 Å². The van der Waals surface area contributed by atoms with Gasteiger partial charge in [0.2, 0.25) is 12.6 Å². The molecule has 48 heavy (non-hydrogen) atoms. The van der Waals surface area contributed by atoms with Crippen molar-refractivity contribution in [1.82, 2.24) is 0 Å². The molecule has 16 nitrogen and oxygen atoms in total. The fourth-order valence-corrected chi connectivity index (χ4v) is 6.30. The lowest BCUT2D eigenvalue weighted by Crippen LogP contribution is -2.60. The molecule has 3 aliphatic rings. The van der Waals surface area contributed by atoms with Crippen LogP contribution in [-0.4, -0.2) is 148 Å². The smallest absolute Gasteiger partial charge is 0.229 e. The maximum absolute atomic E-state index is 10.4. The Balaban J connectivity index is 1.26. The van der Waals surface area contributed by atoms with E-state index in [4.69, 9.17) is 33.2 Å². The van der Waals surface area contributed by atoms with Gasteiger partial charge in [0.05, 0.1) is 40.1 Å². The zero-order valence-electron chi connectivity index (χ0n) is 26.4. The van der Waals surface area contributed by atoms with Gasteiger partial charge in [0.25, 0.3) is 0 Å². The van der Waals surface area contributed by atoms with E-state index in [0.717, 1.165) is 5.56 Å². The third-order valence-electron chi connectivity index (χ3n) is 9.12. The maximum atomic E-state index is 10.4. The summed E-state index contributed by atoms with van der Waals surface area (Å²) in [6.45, 7) is -1.05. The van der Waals surface area contributed by atoms with Crippen molar-refractivity contribution in [1.29, 1.82) is 0 Å². The van der Waals surface area contributed by atoms with E-state index in [1.165, 1.54) is 14.2 Å². The van der Waals surface area contributed by atoms with Crippen LogP contribution in [0.4, 0.5) is 0 Å². The second-order valence-corrected chi connectivity index (χ2v) is 12.1. The Morgan fingerprint density at radius 2 is 1.15 bits per heavy atom. The van der Waals surface area contributed by atoms with Crippen LogP contribution in [0.2, 0.25) is 0 Å². The molecule has 16 heteroatoms. The van der Waals surface area contributed by atoms with Gasteiger partial charge in [-0.15, -0.1) is 0 Å². The molecule has 0 saturated carbocycles. The van der Waals surface area contributed by atoms with Gasteiger partial charge in [0, 0.05) is 12.5 Å². The van der Waals surface area contributed by atoms with Crippen molar-refractivity contribution in [3.63, 3.8) is 0 Å². The molecule has 0 aliphatic carbocycles. The lowest BCUT2D eigenvalue weighted by molar-refractivity contribution is -0.277. The maximum Gasteiger partial charge on any atom is 0.229 e. The van der Waals surface area contributed by atoms with E-state index >= 15 is 0 Å². The first kappa shape index (κ1) is 36.4. The molecule has 3 heterocycles. The molecule has 3 saturated heterocycles. The highest BCUT2D eigenvalue weighted by molar-refractivity contribution is 5.45. The Morgan fingerprint density at radius 3 is 1.65 bits per heavy atom. The highest BCUT2D eigenvalue weighted by Gasteiger charge is 2.46. The molecule has 0 radical (unpaired) electrons. The Bertz CT molecular complexity index is 1340. The fourth-order valence-electron chi connectivity index (χ4n) is 6.30. The van der Waals surface area contributed by atoms with Crippen molar-refractivity contribution in [2.75, 3.05) is 40.6 Å². The minimum atomic E-state index is -1.61. The highest BCUT2D eigenvalue weighted by Crippen LogP contribution is 2.43. The van der Waals surface area contributed by atoms with E-state index in [0.29, 0.717) is 24.3 Å².